The molecule has 18 heavy (non-hydrogen) atoms. The Labute approximate surface area is 106 Å². The lowest BCUT2D eigenvalue weighted by atomic mass is 9.97. The molecule has 1 aromatic heterocycles. The van der Waals surface area contributed by atoms with E-state index < -0.39 is 0 Å². The molecular weight excluding hydrogens is 230 g/mol. The fourth-order valence-electron chi connectivity index (χ4n) is 2.89. The second-order valence-corrected chi connectivity index (χ2v) is 5.11. The lowest BCUT2D eigenvalue weighted by Gasteiger charge is -2.32. The first-order valence-electron chi connectivity index (χ1n) is 6.64. The zero-order chi connectivity index (χ0) is 12.5. The van der Waals surface area contributed by atoms with Crippen molar-refractivity contribution in [1.82, 2.24) is 25.0 Å². The Hall–Kier alpha value is -1.43. The number of carbonyl (C=O) groups is 1. The highest BCUT2D eigenvalue weighted by atomic mass is 16.2. The van der Waals surface area contributed by atoms with E-state index >= 15 is 0 Å². The molecule has 0 saturated carbocycles. The molecule has 1 atom stereocenters. The fourth-order valence-corrected chi connectivity index (χ4v) is 2.89. The molecule has 0 bridgehead atoms. The molecule has 6 heteroatoms. The van der Waals surface area contributed by atoms with Gasteiger partial charge in [-0.05, 0) is 12.8 Å². The Bertz CT molecular complexity index is 455. The Morgan fingerprint density at radius 3 is 3.11 bits per heavy atom. The minimum Gasteiger partial charge on any atom is -0.342 e. The molecule has 0 radical (unpaired) electrons. The summed E-state index contributed by atoms with van der Waals surface area (Å²) < 4.78 is 2.23. The third-order valence-corrected chi connectivity index (χ3v) is 3.88. The summed E-state index contributed by atoms with van der Waals surface area (Å²) in [7, 11) is 0. The SMILES string of the molecule is CC(=O)N1CCC[C@H](c2nnc3n2CCNC3)C1. The molecule has 3 rings (SSSR count). The first-order chi connectivity index (χ1) is 8.75. The summed E-state index contributed by atoms with van der Waals surface area (Å²) in [6.45, 7) is 6.03. The molecule has 3 heterocycles. The number of rotatable bonds is 1. The zero-order valence-electron chi connectivity index (χ0n) is 10.7. The van der Waals surface area contributed by atoms with E-state index in [2.05, 4.69) is 20.1 Å². The maximum atomic E-state index is 11.5. The highest BCUT2D eigenvalue weighted by Crippen LogP contribution is 2.26. The van der Waals surface area contributed by atoms with E-state index in [9.17, 15) is 4.79 Å². The number of aromatic nitrogens is 3. The van der Waals surface area contributed by atoms with Crippen LogP contribution in [0.25, 0.3) is 0 Å². The molecule has 0 spiro atoms. The average molecular weight is 249 g/mol. The van der Waals surface area contributed by atoms with Gasteiger partial charge >= 0.3 is 0 Å². The topological polar surface area (TPSA) is 63.1 Å². The molecule has 98 valence electrons. The van der Waals surface area contributed by atoms with Crippen molar-refractivity contribution < 1.29 is 4.79 Å². The largest absolute Gasteiger partial charge is 0.342 e. The summed E-state index contributed by atoms with van der Waals surface area (Å²) in [6.07, 6.45) is 2.17. The van der Waals surface area contributed by atoms with Crippen molar-refractivity contribution in [3.63, 3.8) is 0 Å². The maximum absolute atomic E-state index is 11.5. The van der Waals surface area contributed by atoms with E-state index in [1.807, 2.05) is 4.90 Å². The second-order valence-electron chi connectivity index (χ2n) is 5.11. The van der Waals surface area contributed by atoms with E-state index in [4.69, 9.17) is 0 Å². The highest BCUT2D eigenvalue weighted by molar-refractivity contribution is 5.73. The number of likely N-dealkylation sites (tertiary alicyclic amines) is 1. The smallest absolute Gasteiger partial charge is 0.219 e. The molecule has 6 nitrogen and oxygen atoms in total. The number of nitrogens with one attached hydrogen (secondary N) is 1. The fraction of sp³-hybridized carbons (Fsp3) is 0.750. The van der Waals surface area contributed by atoms with Crippen molar-refractivity contribution in [1.29, 1.82) is 0 Å². The van der Waals surface area contributed by atoms with Crippen LogP contribution in [0.2, 0.25) is 0 Å². The molecular formula is C12H19N5O. The number of fused-ring (bicyclic) bond motifs is 1. The summed E-state index contributed by atoms with van der Waals surface area (Å²) in [5.41, 5.74) is 0. The van der Waals surface area contributed by atoms with Crippen LogP contribution in [0.3, 0.4) is 0 Å². The number of piperidine rings is 1. The predicted octanol–water partition coefficient (Wildman–Crippen LogP) is 0.107. The number of hydrogen-bond acceptors (Lipinski definition) is 4. The van der Waals surface area contributed by atoms with Gasteiger partial charge in [0.05, 0.1) is 6.54 Å². The quantitative estimate of drug-likeness (QED) is 0.767. The van der Waals surface area contributed by atoms with Gasteiger partial charge < -0.3 is 14.8 Å². The third-order valence-electron chi connectivity index (χ3n) is 3.88. The predicted molar refractivity (Wildman–Crippen MR) is 66.0 cm³/mol. The standard InChI is InChI=1S/C12H19N5O/c1-9(18)16-5-2-3-10(8-16)12-15-14-11-7-13-4-6-17(11)12/h10,13H,2-8H2,1H3/t10-/m0/s1. The van der Waals surface area contributed by atoms with Crippen LogP contribution >= 0.6 is 0 Å². The molecule has 0 aliphatic carbocycles. The van der Waals surface area contributed by atoms with Crippen LogP contribution in [-0.2, 0) is 17.9 Å². The van der Waals surface area contributed by atoms with Gasteiger partial charge in [0, 0.05) is 39.0 Å². The molecule has 1 aromatic rings. The average Bonchev–Trinajstić information content (AvgIpc) is 2.82. The van der Waals surface area contributed by atoms with Gasteiger partial charge in [-0.15, -0.1) is 10.2 Å². The maximum Gasteiger partial charge on any atom is 0.219 e. The van der Waals surface area contributed by atoms with Crippen molar-refractivity contribution >= 4 is 5.91 Å². The zero-order valence-corrected chi connectivity index (χ0v) is 10.7. The van der Waals surface area contributed by atoms with Gasteiger partial charge in [0.25, 0.3) is 0 Å². The number of amides is 1. The summed E-state index contributed by atoms with van der Waals surface area (Å²) >= 11 is 0. The van der Waals surface area contributed by atoms with Crippen molar-refractivity contribution in [2.75, 3.05) is 19.6 Å². The van der Waals surface area contributed by atoms with E-state index in [0.717, 1.165) is 57.2 Å². The lowest BCUT2D eigenvalue weighted by molar-refractivity contribution is -0.130. The van der Waals surface area contributed by atoms with Crippen LogP contribution in [0, 0.1) is 0 Å². The van der Waals surface area contributed by atoms with Crippen LogP contribution in [0.1, 0.15) is 37.3 Å². The molecule has 1 N–H and O–H groups in total. The van der Waals surface area contributed by atoms with Crippen molar-refractivity contribution in [2.24, 2.45) is 0 Å². The van der Waals surface area contributed by atoms with Crippen LogP contribution < -0.4 is 5.32 Å². The lowest BCUT2D eigenvalue weighted by Crippen LogP contribution is -2.39. The van der Waals surface area contributed by atoms with Gasteiger partial charge in [-0.2, -0.15) is 0 Å². The number of carbonyl (C=O) groups excluding carboxylic acids is 1. The minimum atomic E-state index is 0.166. The van der Waals surface area contributed by atoms with E-state index in [-0.39, 0.29) is 5.91 Å². The Morgan fingerprint density at radius 1 is 1.39 bits per heavy atom. The van der Waals surface area contributed by atoms with Crippen LogP contribution in [0.15, 0.2) is 0 Å². The Morgan fingerprint density at radius 2 is 2.28 bits per heavy atom. The van der Waals surface area contributed by atoms with Gasteiger partial charge in [-0.1, -0.05) is 0 Å². The van der Waals surface area contributed by atoms with E-state index in [1.165, 1.54) is 0 Å². The summed E-state index contributed by atoms with van der Waals surface area (Å²) in [5.74, 6) is 2.61. The van der Waals surface area contributed by atoms with E-state index in [1.54, 1.807) is 6.92 Å². The second kappa shape index (κ2) is 4.68. The van der Waals surface area contributed by atoms with Crippen LogP contribution in [0.5, 0.6) is 0 Å². The van der Waals surface area contributed by atoms with Gasteiger partial charge in [0.15, 0.2) is 0 Å². The minimum absolute atomic E-state index is 0.166. The third kappa shape index (κ3) is 2.01. The van der Waals surface area contributed by atoms with Crippen molar-refractivity contribution in [3.8, 4) is 0 Å². The normalized spacial score (nSPS) is 23.8. The first kappa shape index (κ1) is 11.6. The summed E-state index contributed by atoms with van der Waals surface area (Å²) in [5, 5.41) is 11.9. The molecule has 1 saturated heterocycles. The van der Waals surface area contributed by atoms with Gasteiger partial charge in [-0.3, -0.25) is 4.79 Å². The number of hydrogen-bond donors (Lipinski definition) is 1. The van der Waals surface area contributed by atoms with Crippen molar-refractivity contribution in [2.45, 2.75) is 38.8 Å². The summed E-state index contributed by atoms with van der Waals surface area (Å²) in [6, 6.07) is 0. The van der Waals surface area contributed by atoms with Crippen molar-refractivity contribution in [3.05, 3.63) is 11.6 Å². The molecule has 0 aromatic carbocycles. The molecule has 0 unspecified atom stereocenters. The Kier molecular flexibility index (Phi) is 3.03. The monoisotopic (exact) mass is 249 g/mol. The van der Waals surface area contributed by atoms with Gasteiger partial charge in [0.1, 0.15) is 11.6 Å². The molecule has 2 aliphatic heterocycles. The summed E-state index contributed by atoms with van der Waals surface area (Å²) in [4.78, 5) is 13.4. The molecule has 1 amide bonds. The molecule has 1 fully saturated rings. The van der Waals surface area contributed by atoms with E-state index in [0.29, 0.717) is 5.92 Å². The van der Waals surface area contributed by atoms with Gasteiger partial charge in [-0.25, -0.2) is 0 Å². The first-order valence-corrected chi connectivity index (χ1v) is 6.64. The Balaban J connectivity index is 1.82. The van der Waals surface area contributed by atoms with Crippen LogP contribution in [-0.4, -0.2) is 45.2 Å². The van der Waals surface area contributed by atoms with Gasteiger partial charge in [0.2, 0.25) is 5.91 Å². The molecule has 2 aliphatic rings. The number of nitrogens with zero attached hydrogens (tertiary/aromatic N) is 4. The van der Waals surface area contributed by atoms with Crippen LogP contribution in [0.4, 0.5) is 0 Å². The highest BCUT2D eigenvalue weighted by Gasteiger charge is 2.28.